The maximum atomic E-state index is 5.64. The summed E-state index contributed by atoms with van der Waals surface area (Å²) in [5.41, 5.74) is 0. The Morgan fingerprint density at radius 2 is 2.08 bits per heavy atom. The van der Waals surface area contributed by atoms with Crippen molar-refractivity contribution in [2.24, 2.45) is 0 Å². The van der Waals surface area contributed by atoms with Crippen LogP contribution in [0.25, 0.3) is 0 Å². The standard InChI is InChI=1S/C9H16OS3/c1-12-6-7-13-9(11)10-8-4-2-3-5-8/h8H,2-7H2,1H3. The molecule has 13 heavy (non-hydrogen) atoms. The Labute approximate surface area is 94.4 Å². The summed E-state index contributed by atoms with van der Waals surface area (Å²) in [5, 5.41) is 0. The minimum absolute atomic E-state index is 0.425. The average molecular weight is 236 g/mol. The number of rotatable bonds is 4. The Balaban J connectivity index is 2.02. The van der Waals surface area contributed by atoms with Gasteiger partial charge in [0.25, 0.3) is 0 Å². The molecule has 0 atom stereocenters. The van der Waals surface area contributed by atoms with Gasteiger partial charge in [0.15, 0.2) is 0 Å². The van der Waals surface area contributed by atoms with Crippen LogP contribution < -0.4 is 0 Å². The molecule has 0 aromatic heterocycles. The van der Waals surface area contributed by atoms with E-state index >= 15 is 0 Å². The highest BCUT2D eigenvalue weighted by atomic mass is 32.2. The van der Waals surface area contributed by atoms with Gasteiger partial charge in [-0.25, -0.2) is 0 Å². The molecule has 0 spiro atoms. The van der Waals surface area contributed by atoms with Crippen LogP contribution >= 0.6 is 35.7 Å². The van der Waals surface area contributed by atoms with E-state index in [9.17, 15) is 0 Å². The van der Waals surface area contributed by atoms with Crippen molar-refractivity contribution in [2.75, 3.05) is 17.8 Å². The van der Waals surface area contributed by atoms with E-state index in [1.807, 2.05) is 11.8 Å². The molecule has 0 aromatic rings. The molecular weight excluding hydrogens is 220 g/mol. The van der Waals surface area contributed by atoms with Gasteiger partial charge in [-0.05, 0) is 44.2 Å². The van der Waals surface area contributed by atoms with Gasteiger partial charge >= 0.3 is 0 Å². The molecule has 0 bridgehead atoms. The van der Waals surface area contributed by atoms with Gasteiger partial charge in [-0.3, -0.25) is 0 Å². The van der Waals surface area contributed by atoms with Crippen LogP contribution in [0.4, 0.5) is 0 Å². The van der Waals surface area contributed by atoms with Gasteiger partial charge in [0.1, 0.15) is 6.10 Å². The van der Waals surface area contributed by atoms with Crippen LogP contribution in [-0.4, -0.2) is 28.2 Å². The maximum absolute atomic E-state index is 5.64. The van der Waals surface area contributed by atoms with Crippen molar-refractivity contribution in [1.82, 2.24) is 0 Å². The third kappa shape index (κ3) is 5.13. The van der Waals surface area contributed by atoms with E-state index in [0.717, 1.165) is 15.9 Å². The van der Waals surface area contributed by atoms with Crippen molar-refractivity contribution in [3.05, 3.63) is 0 Å². The summed E-state index contributed by atoms with van der Waals surface area (Å²) in [7, 11) is 0. The highest BCUT2D eigenvalue weighted by Crippen LogP contribution is 2.23. The van der Waals surface area contributed by atoms with Crippen LogP contribution in [0.1, 0.15) is 25.7 Å². The van der Waals surface area contributed by atoms with Crippen LogP contribution in [-0.2, 0) is 4.74 Å². The molecule has 1 rings (SSSR count). The van der Waals surface area contributed by atoms with E-state index < -0.39 is 0 Å². The Morgan fingerprint density at radius 1 is 1.38 bits per heavy atom. The fourth-order valence-electron chi connectivity index (χ4n) is 1.38. The largest absolute Gasteiger partial charge is 0.475 e. The predicted molar refractivity (Wildman–Crippen MR) is 66.8 cm³/mol. The molecule has 0 heterocycles. The lowest BCUT2D eigenvalue weighted by molar-refractivity contribution is 0.209. The minimum Gasteiger partial charge on any atom is -0.475 e. The van der Waals surface area contributed by atoms with Crippen molar-refractivity contribution in [1.29, 1.82) is 0 Å². The highest BCUT2D eigenvalue weighted by molar-refractivity contribution is 8.22. The summed E-state index contributed by atoms with van der Waals surface area (Å²) in [6.07, 6.45) is 7.55. The first-order valence-corrected chi connectivity index (χ1v) is 7.44. The Hall–Kier alpha value is 0.590. The van der Waals surface area contributed by atoms with E-state index in [1.54, 1.807) is 11.8 Å². The summed E-state index contributed by atoms with van der Waals surface area (Å²) in [5.74, 6) is 2.23. The molecule has 0 aliphatic heterocycles. The SMILES string of the molecule is CSCCSC(=S)OC1CCCC1. The lowest BCUT2D eigenvalue weighted by atomic mass is 10.3. The molecule has 1 fully saturated rings. The predicted octanol–water partition coefficient (Wildman–Crippen LogP) is 3.33. The van der Waals surface area contributed by atoms with Crippen LogP contribution in [0.5, 0.6) is 0 Å². The number of ether oxygens (including phenoxy) is 1. The zero-order valence-corrected chi connectivity index (χ0v) is 10.4. The third-order valence-electron chi connectivity index (χ3n) is 2.07. The van der Waals surface area contributed by atoms with Gasteiger partial charge in [0.2, 0.25) is 4.38 Å². The Bertz CT molecular complexity index is 155. The van der Waals surface area contributed by atoms with Crippen molar-refractivity contribution >= 4 is 40.1 Å². The zero-order chi connectivity index (χ0) is 9.52. The fourth-order valence-corrected chi connectivity index (χ4v) is 3.14. The summed E-state index contributed by atoms with van der Waals surface area (Å²) < 4.78 is 6.39. The first-order chi connectivity index (χ1) is 6.33. The molecule has 0 radical (unpaired) electrons. The molecule has 0 unspecified atom stereocenters. The molecule has 0 aromatic carbocycles. The normalized spacial score (nSPS) is 17.6. The average Bonchev–Trinajstić information content (AvgIpc) is 2.57. The van der Waals surface area contributed by atoms with Gasteiger partial charge in [0.05, 0.1) is 0 Å². The fraction of sp³-hybridized carbons (Fsp3) is 0.889. The maximum Gasteiger partial charge on any atom is 0.220 e. The van der Waals surface area contributed by atoms with Gasteiger partial charge in [0, 0.05) is 11.5 Å². The van der Waals surface area contributed by atoms with Gasteiger partial charge < -0.3 is 4.74 Å². The molecule has 0 N–H and O–H groups in total. The van der Waals surface area contributed by atoms with Crippen molar-refractivity contribution in [3.8, 4) is 0 Å². The van der Waals surface area contributed by atoms with Gasteiger partial charge in [-0.2, -0.15) is 11.8 Å². The minimum atomic E-state index is 0.425. The van der Waals surface area contributed by atoms with Crippen LogP contribution in [0.2, 0.25) is 0 Å². The number of thiocarbonyl (C=S) groups is 1. The molecule has 1 aliphatic rings. The summed E-state index contributed by atoms with van der Waals surface area (Å²) in [4.78, 5) is 0. The van der Waals surface area contributed by atoms with Gasteiger partial charge in [-0.1, -0.05) is 11.8 Å². The number of hydrogen-bond donors (Lipinski definition) is 0. The molecule has 1 aliphatic carbocycles. The van der Waals surface area contributed by atoms with Crippen LogP contribution in [0, 0.1) is 0 Å². The summed E-state index contributed by atoms with van der Waals surface area (Å²) in [6, 6.07) is 0. The zero-order valence-electron chi connectivity index (χ0n) is 7.95. The molecule has 4 heteroatoms. The Kier molecular flexibility index (Phi) is 6.24. The lowest BCUT2D eigenvalue weighted by Gasteiger charge is -2.12. The monoisotopic (exact) mass is 236 g/mol. The third-order valence-corrected chi connectivity index (χ3v) is 4.13. The smallest absolute Gasteiger partial charge is 0.220 e. The Morgan fingerprint density at radius 3 is 2.69 bits per heavy atom. The van der Waals surface area contributed by atoms with Gasteiger partial charge in [-0.15, -0.1) is 0 Å². The second kappa shape index (κ2) is 6.96. The molecule has 1 saturated carbocycles. The van der Waals surface area contributed by atoms with E-state index in [0.29, 0.717) is 6.10 Å². The molecule has 76 valence electrons. The van der Waals surface area contributed by atoms with Crippen LogP contribution in [0.3, 0.4) is 0 Å². The molecule has 0 amide bonds. The second-order valence-electron chi connectivity index (χ2n) is 3.12. The second-order valence-corrected chi connectivity index (χ2v) is 5.80. The number of hydrogen-bond acceptors (Lipinski definition) is 4. The summed E-state index contributed by atoms with van der Waals surface area (Å²) >= 11 is 8.66. The quantitative estimate of drug-likeness (QED) is 0.547. The molecule has 0 saturated heterocycles. The molecule has 1 nitrogen and oxygen atoms in total. The number of thioether (sulfide) groups is 2. The van der Waals surface area contributed by atoms with E-state index in [-0.39, 0.29) is 0 Å². The molecular formula is C9H16OS3. The lowest BCUT2D eigenvalue weighted by Crippen LogP contribution is -2.10. The van der Waals surface area contributed by atoms with Crippen LogP contribution in [0.15, 0.2) is 0 Å². The first kappa shape index (κ1) is 11.7. The van der Waals surface area contributed by atoms with Crippen molar-refractivity contribution in [2.45, 2.75) is 31.8 Å². The van der Waals surface area contributed by atoms with E-state index in [2.05, 4.69) is 6.26 Å². The topological polar surface area (TPSA) is 9.23 Å². The summed E-state index contributed by atoms with van der Waals surface area (Å²) in [6.45, 7) is 0. The highest BCUT2D eigenvalue weighted by Gasteiger charge is 2.17. The van der Waals surface area contributed by atoms with Crippen molar-refractivity contribution < 1.29 is 4.74 Å². The van der Waals surface area contributed by atoms with Crippen molar-refractivity contribution in [3.63, 3.8) is 0 Å². The van der Waals surface area contributed by atoms with E-state index in [1.165, 1.54) is 25.7 Å². The first-order valence-electron chi connectivity index (χ1n) is 4.65. The van der Waals surface area contributed by atoms with E-state index in [4.69, 9.17) is 17.0 Å².